The summed E-state index contributed by atoms with van der Waals surface area (Å²) in [5.41, 5.74) is 1.84. The molecular weight excluding hydrogens is 448 g/mol. The lowest BCUT2D eigenvalue weighted by Gasteiger charge is -2.55. The van der Waals surface area contributed by atoms with Gasteiger partial charge in [0.15, 0.2) is 11.0 Å². The average Bonchev–Trinajstić information content (AvgIpc) is 3.19. The summed E-state index contributed by atoms with van der Waals surface area (Å²) in [6.07, 6.45) is 7.04. The fourth-order valence-corrected chi connectivity index (χ4v) is 7.60. The third-order valence-electron chi connectivity index (χ3n) is 7.79. The maximum Gasteiger partial charge on any atom is 0.319 e. The Labute approximate surface area is 205 Å². The van der Waals surface area contributed by atoms with Gasteiger partial charge in [0.05, 0.1) is 13.2 Å². The molecule has 34 heavy (non-hydrogen) atoms. The van der Waals surface area contributed by atoms with Crippen LogP contribution in [0.25, 0.3) is 5.69 Å². The van der Waals surface area contributed by atoms with Crippen LogP contribution in [0.1, 0.15) is 63.8 Å². The zero-order valence-electron chi connectivity index (χ0n) is 20.3. The predicted molar refractivity (Wildman–Crippen MR) is 130 cm³/mol. The van der Waals surface area contributed by atoms with Gasteiger partial charge in [-0.3, -0.25) is 14.2 Å². The van der Waals surface area contributed by atoms with Crippen LogP contribution in [0.3, 0.4) is 0 Å². The molecule has 1 heterocycles. The summed E-state index contributed by atoms with van der Waals surface area (Å²) in [6.45, 7) is 6.31. The van der Waals surface area contributed by atoms with Crippen molar-refractivity contribution in [3.63, 3.8) is 0 Å². The molecule has 6 rings (SSSR count). The number of amides is 1. The predicted octanol–water partition coefficient (Wildman–Crippen LogP) is 4.45. The number of benzene rings is 1. The molecule has 1 unspecified atom stereocenters. The van der Waals surface area contributed by atoms with Gasteiger partial charge in [0.25, 0.3) is 0 Å². The first kappa shape index (κ1) is 23.4. The number of rotatable bonds is 8. The van der Waals surface area contributed by atoms with Crippen molar-refractivity contribution in [3.8, 4) is 5.69 Å². The van der Waals surface area contributed by atoms with Crippen LogP contribution in [0.15, 0.2) is 29.4 Å². The first-order valence-corrected chi connectivity index (χ1v) is 13.4. The van der Waals surface area contributed by atoms with Crippen molar-refractivity contribution in [2.24, 2.45) is 23.2 Å². The molecule has 0 aliphatic heterocycles. The Bertz CT molecular complexity index is 1050. The van der Waals surface area contributed by atoms with Gasteiger partial charge in [0, 0.05) is 11.1 Å². The Kier molecular flexibility index (Phi) is 6.44. The number of aryl methyl sites for hydroxylation is 1. The molecular formula is C26H34N4O3S. The monoisotopic (exact) mass is 482 g/mol. The Morgan fingerprint density at radius 3 is 2.47 bits per heavy atom. The van der Waals surface area contributed by atoms with Crippen molar-refractivity contribution >= 4 is 23.6 Å². The minimum absolute atomic E-state index is 0.180. The van der Waals surface area contributed by atoms with Crippen LogP contribution in [0.4, 0.5) is 0 Å². The second-order valence-electron chi connectivity index (χ2n) is 10.5. The Hall–Kier alpha value is -2.35. The molecule has 1 N–H and O–H groups in total. The van der Waals surface area contributed by atoms with E-state index >= 15 is 0 Å². The average molecular weight is 483 g/mol. The van der Waals surface area contributed by atoms with Crippen LogP contribution < -0.4 is 5.32 Å². The molecule has 1 aromatic heterocycles. The summed E-state index contributed by atoms with van der Waals surface area (Å²) in [6, 6.07) is 8.09. The molecule has 1 amide bonds. The van der Waals surface area contributed by atoms with Gasteiger partial charge in [0.2, 0.25) is 5.91 Å². The van der Waals surface area contributed by atoms with Crippen molar-refractivity contribution in [2.45, 2.75) is 76.2 Å². The number of carbonyl (C=O) groups excluding carboxylic acids is 2. The molecule has 1 aromatic carbocycles. The van der Waals surface area contributed by atoms with Gasteiger partial charge in [0.1, 0.15) is 5.25 Å². The second kappa shape index (κ2) is 9.36. The van der Waals surface area contributed by atoms with Gasteiger partial charge in [-0.05, 0) is 94.7 Å². The van der Waals surface area contributed by atoms with Crippen LogP contribution in [-0.2, 0) is 20.9 Å². The molecule has 4 saturated carbocycles. The van der Waals surface area contributed by atoms with Crippen molar-refractivity contribution in [2.75, 3.05) is 6.61 Å². The van der Waals surface area contributed by atoms with E-state index in [1.807, 2.05) is 36.6 Å². The molecule has 0 saturated heterocycles. The third kappa shape index (κ3) is 4.49. The van der Waals surface area contributed by atoms with Crippen molar-refractivity contribution in [3.05, 3.63) is 35.7 Å². The van der Waals surface area contributed by atoms with Crippen LogP contribution in [0, 0.1) is 30.1 Å². The quantitative estimate of drug-likeness (QED) is 0.442. The Morgan fingerprint density at radius 2 is 1.85 bits per heavy atom. The highest BCUT2D eigenvalue weighted by atomic mass is 32.2. The van der Waals surface area contributed by atoms with E-state index < -0.39 is 5.25 Å². The molecule has 4 bridgehead atoms. The van der Waals surface area contributed by atoms with E-state index in [1.165, 1.54) is 31.0 Å². The van der Waals surface area contributed by atoms with Crippen LogP contribution >= 0.6 is 11.8 Å². The lowest BCUT2D eigenvalue weighted by Crippen LogP contribution is -2.53. The zero-order valence-corrected chi connectivity index (χ0v) is 21.1. The highest BCUT2D eigenvalue weighted by Gasteiger charge is 2.54. The fraction of sp³-hybridized carbons (Fsp3) is 0.615. The van der Waals surface area contributed by atoms with Gasteiger partial charge >= 0.3 is 5.97 Å². The number of carbonyl (C=O) groups is 2. The van der Waals surface area contributed by atoms with E-state index in [0.29, 0.717) is 24.1 Å². The van der Waals surface area contributed by atoms with Gasteiger partial charge < -0.3 is 10.1 Å². The van der Waals surface area contributed by atoms with Gasteiger partial charge in [-0.1, -0.05) is 23.9 Å². The van der Waals surface area contributed by atoms with E-state index in [9.17, 15) is 9.59 Å². The van der Waals surface area contributed by atoms with E-state index in [4.69, 9.17) is 4.74 Å². The Morgan fingerprint density at radius 1 is 1.18 bits per heavy atom. The molecule has 0 radical (unpaired) electrons. The SMILES string of the molecule is CCOC(=O)C(C)Sc1nnc(CNC(=O)C23CC4CC(CC(C4)C2)C3)n1-c1cccc(C)c1. The normalized spacial score (nSPS) is 28.0. The minimum Gasteiger partial charge on any atom is -0.465 e. The van der Waals surface area contributed by atoms with Gasteiger partial charge in [-0.2, -0.15) is 0 Å². The van der Waals surface area contributed by atoms with Gasteiger partial charge in [-0.15, -0.1) is 10.2 Å². The van der Waals surface area contributed by atoms with Crippen molar-refractivity contribution < 1.29 is 14.3 Å². The Balaban J connectivity index is 1.36. The van der Waals surface area contributed by atoms with Gasteiger partial charge in [-0.25, -0.2) is 0 Å². The summed E-state index contributed by atoms with van der Waals surface area (Å²) in [5.74, 6) is 2.74. The molecule has 4 aliphatic carbocycles. The third-order valence-corrected chi connectivity index (χ3v) is 8.81. The molecule has 4 fully saturated rings. The van der Waals surface area contributed by atoms with E-state index in [1.54, 1.807) is 6.92 Å². The van der Waals surface area contributed by atoms with E-state index in [2.05, 4.69) is 21.6 Å². The highest BCUT2D eigenvalue weighted by Crippen LogP contribution is 2.60. The molecule has 4 aliphatic rings. The number of hydrogen-bond donors (Lipinski definition) is 1. The van der Waals surface area contributed by atoms with Crippen molar-refractivity contribution in [1.29, 1.82) is 0 Å². The molecule has 8 heteroatoms. The fourth-order valence-electron chi connectivity index (χ4n) is 6.72. The largest absolute Gasteiger partial charge is 0.465 e. The summed E-state index contributed by atoms with van der Waals surface area (Å²) in [5, 5.41) is 12.2. The minimum atomic E-state index is -0.415. The second-order valence-corrected chi connectivity index (χ2v) is 11.8. The van der Waals surface area contributed by atoms with Crippen LogP contribution in [0.5, 0.6) is 0 Å². The standard InChI is InChI=1S/C26H34N4O3S/c1-4-33-23(31)17(3)34-25-29-28-22(30(25)21-7-5-6-16(2)8-21)15-27-24(32)26-12-18-9-19(13-26)11-20(10-18)14-26/h5-8,17-20H,4,9-15H2,1-3H3,(H,27,32). The summed E-state index contributed by atoms with van der Waals surface area (Å²) < 4.78 is 7.12. The molecule has 1 atom stereocenters. The number of nitrogens with one attached hydrogen (secondary N) is 1. The number of nitrogens with zero attached hydrogens (tertiary/aromatic N) is 3. The highest BCUT2D eigenvalue weighted by molar-refractivity contribution is 8.00. The molecule has 0 spiro atoms. The number of thioether (sulfide) groups is 1. The number of esters is 1. The molecule has 7 nitrogen and oxygen atoms in total. The van der Waals surface area contributed by atoms with Crippen LogP contribution in [-0.4, -0.2) is 38.5 Å². The zero-order chi connectivity index (χ0) is 23.9. The summed E-state index contributed by atoms with van der Waals surface area (Å²) in [7, 11) is 0. The molecule has 2 aromatic rings. The maximum absolute atomic E-state index is 13.5. The van der Waals surface area contributed by atoms with E-state index in [-0.39, 0.29) is 17.3 Å². The van der Waals surface area contributed by atoms with Crippen molar-refractivity contribution in [1.82, 2.24) is 20.1 Å². The summed E-state index contributed by atoms with van der Waals surface area (Å²) in [4.78, 5) is 25.7. The lowest BCUT2D eigenvalue weighted by atomic mass is 9.49. The summed E-state index contributed by atoms with van der Waals surface area (Å²) >= 11 is 1.32. The first-order chi connectivity index (χ1) is 16.4. The molecule has 182 valence electrons. The first-order valence-electron chi connectivity index (χ1n) is 12.5. The number of aromatic nitrogens is 3. The van der Waals surface area contributed by atoms with E-state index in [0.717, 1.165) is 48.3 Å². The lowest BCUT2D eigenvalue weighted by molar-refractivity contribution is -0.146. The maximum atomic E-state index is 13.5. The number of ether oxygens (including phenoxy) is 1. The topological polar surface area (TPSA) is 86.1 Å². The smallest absolute Gasteiger partial charge is 0.319 e. The number of hydrogen-bond acceptors (Lipinski definition) is 6. The van der Waals surface area contributed by atoms with Crippen LogP contribution in [0.2, 0.25) is 0 Å².